The van der Waals surface area contributed by atoms with Crippen molar-refractivity contribution >= 4 is 23.1 Å². The summed E-state index contributed by atoms with van der Waals surface area (Å²) in [5, 5.41) is 27.7. The second-order valence-electron chi connectivity index (χ2n) is 6.18. The smallest absolute Gasteiger partial charge is 0.209 e. The predicted octanol–water partition coefficient (Wildman–Crippen LogP) is 3.40. The van der Waals surface area contributed by atoms with Gasteiger partial charge in [-0.05, 0) is 39.9 Å². The third-order valence-corrected chi connectivity index (χ3v) is 6.01. The van der Waals surface area contributed by atoms with Crippen molar-refractivity contribution in [3.8, 4) is 11.4 Å². The number of rotatable bonds is 10. The van der Waals surface area contributed by atoms with E-state index in [1.807, 2.05) is 41.1 Å². The molecule has 0 aliphatic carbocycles. The summed E-state index contributed by atoms with van der Waals surface area (Å²) in [5.74, 6) is 1.67. The average Bonchev–Trinajstić information content (AvgIpc) is 3.49. The van der Waals surface area contributed by atoms with Gasteiger partial charge >= 0.3 is 0 Å². The molecule has 4 aromatic rings. The van der Waals surface area contributed by atoms with Crippen molar-refractivity contribution in [2.24, 2.45) is 0 Å². The summed E-state index contributed by atoms with van der Waals surface area (Å²) in [4.78, 5) is 2.93. The minimum Gasteiger partial charge on any atom is -0.215 e. The molecule has 0 saturated heterocycles. The van der Waals surface area contributed by atoms with Crippen LogP contribution in [0.5, 0.6) is 0 Å². The van der Waals surface area contributed by atoms with Crippen LogP contribution >= 0.6 is 23.1 Å². The number of hydrogen-bond acceptors (Lipinski definition) is 8. The topological polar surface area (TPSA) is 87.2 Å². The minimum absolute atomic E-state index is 0.675. The Morgan fingerprint density at radius 2 is 1.86 bits per heavy atom. The standard InChI is InChI=1S/C18H20N8S2/c1-3-8-15(9-4-1)17-19-23-26(21-17)11-5-2-6-12-28-18-20-22-24-25(18)14-16-10-7-13-27-16/h1,3-4,7-10,13H,2,5-6,11-12,14H2. The van der Waals surface area contributed by atoms with E-state index in [9.17, 15) is 0 Å². The van der Waals surface area contributed by atoms with Gasteiger partial charge in [-0.2, -0.15) is 4.80 Å². The molecule has 0 amide bonds. The highest BCUT2D eigenvalue weighted by Gasteiger charge is 2.08. The number of aryl methyl sites for hydroxylation is 1. The molecule has 144 valence electrons. The first-order valence-electron chi connectivity index (χ1n) is 9.13. The molecule has 0 fully saturated rings. The van der Waals surface area contributed by atoms with Gasteiger partial charge in [0.25, 0.3) is 0 Å². The normalized spacial score (nSPS) is 11.1. The third-order valence-electron chi connectivity index (χ3n) is 4.10. The Labute approximate surface area is 171 Å². The SMILES string of the molecule is c1ccc(-c2nnn(CCCCCSc3nnnn3Cc3cccs3)n2)cc1. The van der Waals surface area contributed by atoms with E-state index in [4.69, 9.17) is 0 Å². The van der Waals surface area contributed by atoms with Crippen LogP contribution in [0.25, 0.3) is 11.4 Å². The fraction of sp³-hybridized carbons (Fsp3) is 0.333. The lowest BCUT2D eigenvalue weighted by Gasteiger charge is -2.03. The Balaban J connectivity index is 1.16. The highest BCUT2D eigenvalue weighted by molar-refractivity contribution is 7.99. The van der Waals surface area contributed by atoms with Gasteiger partial charge in [0, 0.05) is 16.2 Å². The number of tetrazole rings is 2. The van der Waals surface area contributed by atoms with E-state index < -0.39 is 0 Å². The molecular weight excluding hydrogens is 392 g/mol. The van der Waals surface area contributed by atoms with Gasteiger partial charge in [0.15, 0.2) is 0 Å². The van der Waals surface area contributed by atoms with Gasteiger partial charge in [-0.15, -0.1) is 26.6 Å². The molecule has 10 heteroatoms. The third kappa shape index (κ3) is 5.02. The van der Waals surface area contributed by atoms with E-state index in [-0.39, 0.29) is 0 Å². The van der Waals surface area contributed by atoms with E-state index in [0.717, 1.165) is 48.8 Å². The van der Waals surface area contributed by atoms with Crippen LogP contribution in [0.3, 0.4) is 0 Å². The number of aromatic nitrogens is 8. The van der Waals surface area contributed by atoms with Gasteiger partial charge in [0.05, 0.1) is 13.1 Å². The lowest BCUT2D eigenvalue weighted by Crippen LogP contribution is -2.03. The molecule has 0 aliphatic rings. The zero-order valence-corrected chi connectivity index (χ0v) is 16.9. The van der Waals surface area contributed by atoms with Gasteiger partial charge < -0.3 is 0 Å². The Morgan fingerprint density at radius 1 is 0.929 bits per heavy atom. The van der Waals surface area contributed by atoms with Crippen LogP contribution < -0.4 is 0 Å². The van der Waals surface area contributed by atoms with Crippen LogP contribution in [0.15, 0.2) is 53.0 Å². The van der Waals surface area contributed by atoms with Crippen LogP contribution in [-0.2, 0) is 13.1 Å². The lowest BCUT2D eigenvalue weighted by atomic mass is 10.2. The zero-order valence-electron chi connectivity index (χ0n) is 15.3. The summed E-state index contributed by atoms with van der Waals surface area (Å²) >= 11 is 3.42. The second-order valence-corrected chi connectivity index (χ2v) is 8.28. The molecule has 0 aliphatic heterocycles. The van der Waals surface area contributed by atoms with Crippen molar-refractivity contribution in [1.82, 2.24) is 40.4 Å². The molecule has 1 aromatic carbocycles. The van der Waals surface area contributed by atoms with Gasteiger partial charge in [-0.3, -0.25) is 0 Å². The highest BCUT2D eigenvalue weighted by atomic mass is 32.2. The number of benzene rings is 1. The van der Waals surface area contributed by atoms with Gasteiger partial charge in [0.2, 0.25) is 11.0 Å². The first-order valence-corrected chi connectivity index (χ1v) is 11.0. The number of unbranched alkanes of at least 4 members (excludes halogenated alkanes) is 2. The first-order chi connectivity index (χ1) is 13.9. The van der Waals surface area contributed by atoms with Crippen molar-refractivity contribution in [2.75, 3.05) is 5.75 Å². The molecule has 3 heterocycles. The zero-order chi connectivity index (χ0) is 19.0. The highest BCUT2D eigenvalue weighted by Crippen LogP contribution is 2.19. The summed E-state index contributed by atoms with van der Waals surface area (Å²) < 4.78 is 1.86. The molecule has 0 spiro atoms. The van der Waals surface area contributed by atoms with Crippen molar-refractivity contribution in [3.05, 3.63) is 52.7 Å². The first kappa shape index (κ1) is 18.8. The minimum atomic E-state index is 0.675. The predicted molar refractivity (Wildman–Crippen MR) is 109 cm³/mol. The summed E-state index contributed by atoms with van der Waals surface area (Å²) in [6.45, 7) is 1.51. The molecule has 3 aromatic heterocycles. The second kappa shape index (κ2) is 9.56. The molecule has 0 bridgehead atoms. The van der Waals surface area contributed by atoms with E-state index >= 15 is 0 Å². The van der Waals surface area contributed by atoms with Crippen LogP contribution in [0.2, 0.25) is 0 Å². The molecule has 8 nitrogen and oxygen atoms in total. The fourth-order valence-corrected chi connectivity index (χ4v) is 4.25. The summed E-state index contributed by atoms with van der Waals surface area (Å²) in [5.41, 5.74) is 0.991. The Morgan fingerprint density at radius 3 is 2.71 bits per heavy atom. The monoisotopic (exact) mass is 412 g/mol. The van der Waals surface area contributed by atoms with E-state index in [1.165, 1.54) is 4.88 Å². The number of hydrogen-bond donors (Lipinski definition) is 0. The Hall–Kier alpha value is -2.59. The molecule has 0 N–H and O–H groups in total. The van der Waals surface area contributed by atoms with Gasteiger partial charge in [-0.1, -0.05) is 54.6 Å². The van der Waals surface area contributed by atoms with E-state index in [2.05, 4.69) is 42.4 Å². The van der Waals surface area contributed by atoms with Crippen LogP contribution in [0.4, 0.5) is 0 Å². The van der Waals surface area contributed by atoms with Crippen molar-refractivity contribution in [2.45, 2.75) is 37.5 Å². The van der Waals surface area contributed by atoms with Crippen molar-refractivity contribution in [3.63, 3.8) is 0 Å². The number of thioether (sulfide) groups is 1. The maximum Gasteiger partial charge on any atom is 0.209 e. The maximum absolute atomic E-state index is 4.45. The van der Waals surface area contributed by atoms with Crippen LogP contribution in [0.1, 0.15) is 24.1 Å². The largest absolute Gasteiger partial charge is 0.215 e. The molecule has 0 saturated carbocycles. The maximum atomic E-state index is 4.45. The van der Waals surface area contributed by atoms with E-state index in [0.29, 0.717) is 5.82 Å². The van der Waals surface area contributed by atoms with Crippen molar-refractivity contribution in [1.29, 1.82) is 0 Å². The average molecular weight is 413 g/mol. The molecule has 0 atom stereocenters. The molecule has 0 unspecified atom stereocenters. The summed E-state index contributed by atoms with van der Waals surface area (Å²) in [6.07, 6.45) is 3.21. The molecule has 28 heavy (non-hydrogen) atoms. The molecule has 4 rings (SSSR count). The summed E-state index contributed by atoms with van der Waals surface area (Å²) in [6, 6.07) is 14.1. The van der Waals surface area contributed by atoms with Gasteiger partial charge in [-0.25, -0.2) is 4.68 Å². The van der Waals surface area contributed by atoms with Crippen LogP contribution in [-0.4, -0.2) is 46.2 Å². The Kier molecular flexibility index (Phi) is 6.40. The lowest BCUT2D eigenvalue weighted by molar-refractivity contribution is 0.486. The fourth-order valence-electron chi connectivity index (χ4n) is 2.69. The van der Waals surface area contributed by atoms with Crippen molar-refractivity contribution < 1.29 is 0 Å². The quantitative estimate of drug-likeness (QED) is 0.291. The molecule has 0 radical (unpaired) electrons. The van der Waals surface area contributed by atoms with E-state index in [1.54, 1.807) is 27.9 Å². The number of thiophene rings is 1. The van der Waals surface area contributed by atoms with Crippen LogP contribution in [0, 0.1) is 0 Å². The number of nitrogens with zero attached hydrogens (tertiary/aromatic N) is 8. The van der Waals surface area contributed by atoms with Gasteiger partial charge in [0.1, 0.15) is 0 Å². The molecular formula is C18H20N8S2. The summed E-state index contributed by atoms with van der Waals surface area (Å²) in [7, 11) is 0. The Bertz CT molecular complexity index is 965.